The fourth-order valence-electron chi connectivity index (χ4n) is 3.24. The number of allylic oxidation sites excluding steroid dienone is 1. The zero-order valence-corrected chi connectivity index (χ0v) is 17.4. The molecule has 0 saturated heterocycles. The van der Waals surface area contributed by atoms with Crippen LogP contribution in [-0.2, 0) is 4.79 Å². The Kier molecular flexibility index (Phi) is 5.80. The van der Waals surface area contributed by atoms with Gasteiger partial charge in [-0.05, 0) is 46.9 Å². The first-order valence-electron chi connectivity index (χ1n) is 10.1. The first kappa shape index (κ1) is 20.4. The van der Waals surface area contributed by atoms with Crippen LogP contribution >= 0.6 is 0 Å². The van der Waals surface area contributed by atoms with Crippen LogP contribution in [0.25, 0.3) is 12.2 Å². The quantitative estimate of drug-likeness (QED) is 0.292. The van der Waals surface area contributed by atoms with Gasteiger partial charge in [-0.25, -0.2) is 4.79 Å². The van der Waals surface area contributed by atoms with Gasteiger partial charge in [-0.3, -0.25) is 4.79 Å². The molecule has 0 atom stereocenters. The average Bonchev–Trinajstić information content (AvgIpc) is 3.08. The van der Waals surface area contributed by atoms with Gasteiger partial charge in [0, 0.05) is 12.1 Å². The summed E-state index contributed by atoms with van der Waals surface area (Å²) in [6, 6.07) is 22.3. The highest BCUT2D eigenvalue weighted by Gasteiger charge is 2.28. The van der Waals surface area contributed by atoms with Crippen LogP contribution in [0.1, 0.15) is 46.8 Å². The molecule has 0 bridgehead atoms. The van der Waals surface area contributed by atoms with Crippen molar-refractivity contribution in [2.45, 2.75) is 19.8 Å². The first-order valence-corrected chi connectivity index (χ1v) is 10.1. The summed E-state index contributed by atoms with van der Waals surface area (Å²) in [4.78, 5) is 24.8. The molecule has 1 heterocycles. The van der Waals surface area contributed by atoms with Crippen molar-refractivity contribution < 1.29 is 19.1 Å². The van der Waals surface area contributed by atoms with Gasteiger partial charge in [0.25, 0.3) is 0 Å². The molecule has 1 aliphatic heterocycles. The SMILES string of the molecule is CC(C)c1ccc(C=C2Oc3cc(OC(=O)C=Cc4ccccc4)ccc3C2=O)cc1. The normalized spacial score (nSPS) is 14.2. The Labute approximate surface area is 181 Å². The van der Waals surface area contributed by atoms with Gasteiger partial charge in [0.2, 0.25) is 5.78 Å². The van der Waals surface area contributed by atoms with E-state index in [2.05, 4.69) is 13.8 Å². The Bertz CT molecular complexity index is 1170. The predicted molar refractivity (Wildman–Crippen MR) is 121 cm³/mol. The van der Waals surface area contributed by atoms with Gasteiger partial charge in [-0.2, -0.15) is 0 Å². The van der Waals surface area contributed by atoms with Gasteiger partial charge in [0.1, 0.15) is 11.5 Å². The minimum absolute atomic E-state index is 0.190. The van der Waals surface area contributed by atoms with E-state index in [1.807, 2.05) is 54.6 Å². The lowest BCUT2D eigenvalue weighted by molar-refractivity contribution is -0.128. The van der Waals surface area contributed by atoms with E-state index in [9.17, 15) is 9.59 Å². The molecule has 4 nitrogen and oxygen atoms in total. The van der Waals surface area contributed by atoms with Gasteiger partial charge in [0.05, 0.1) is 5.56 Å². The molecule has 0 amide bonds. The zero-order chi connectivity index (χ0) is 21.8. The van der Waals surface area contributed by atoms with E-state index in [-0.39, 0.29) is 11.5 Å². The number of hydrogen-bond acceptors (Lipinski definition) is 4. The molecule has 3 aromatic rings. The highest BCUT2D eigenvalue weighted by molar-refractivity contribution is 6.14. The molecule has 0 aromatic heterocycles. The summed E-state index contributed by atoms with van der Waals surface area (Å²) < 4.78 is 11.1. The minimum atomic E-state index is -0.505. The van der Waals surface area contributed by atoms with Crippen molar-refractivity contribution in [1.29, 1.82) is 0 Å². The number of esters is 1. The van der Waals surface area contributed by atoms with Gasteiger partial charge in [0.15, 0.2) is 5.76 Å². The van der Waals surface area contributed by atoms with Crippen molar-refractivity contribution in [1.82, 2.24) is 0 Å². The Balaban J connectivity index is 1.46. The number of ketones is 1. The number of hydrogen-bond donors (Lipinski definition) is 0. The summed E-state index contributed by atoms with van der Waals surface area (Å²) in [5.41, 5.74) is 3.47. The lowest BCUT2D eigenvalue weighted by Crippen LogP contribution is -2.03. The molecule has 0 N–H and O–H groups in total. The number of carbonyl (C=O) groups is 2. The molecule has 0 radical (unpaired) electrons. The van der Waals surface area contributed by atoms with Crippen molar-refractivity contribution in [3.8, 4) is 11.5 Å². The number of benzene rings is 3. The van der Waals surface area contributed by atoms with Gasteiger partial charge >= 0.3 is 5.97 Å². The highest BCUT2D eigenvalue weighted by atomic mass is 16.5. The Morgan fingerprint density at radius 1 is 0.935 bits per heavy atom. The fraction of sp³-hybridized carbons (Fsp3) is 0.111. The largest absolute Gasteiger partial charge is 0.452 e. The summed E-state index contributed by atoms with van der Waals surface area (Å²) in [6.45, 7) is 4.27. The minimum Gasteiger partial charge on any atom is -0.452 e. The van der Waals surface area contributed by atoms with E-state index in [1.54, 1.807) is 30.4 Å². The van der Waals surface area contributed by atoms with E-state index >= 15 is 0 Å². The van der Waals surface area contributed by atoms with Crippen molar-refractivity contribution in [3.63, 3.8) is 0 Å². The summed E-state index contributed by atoms with van der Waals surface area (Å²) >= 11 is 0. The Morgan fingerprint density at radius 3 is 2.39 bits per heavy atom. The maximum absolute atomic E-state index is 12.7. The molecule has 3 aromatic carbocycles. The number of fused-ring (bicyclic) bond motifs is 1. The molecule has 0 saturated carbocycles. The smallest absolute Gasteiger partial charge is 0.336 e. The van der Waals surface area contributed by atoms with E-state index in [0.29, 0.717) is 23.0 Å². The van der Waals surface area contributed by atoms with Gasteiger partial charge < -0.3 is 9.47 Å². The number of carbonyl (C=O) groups excluding carboxylic acids is 2. The van der Waals surface area contributed by atoms with Crippen LogP contribution in [0.4, 0.5) is 0 Å². The van der Waals surface area contributed by atoms with E-state index in [4.69, 9.17) is 9.47 Å². The summed E-state index contributed by atoms with van der Waals surface area (Å²) in [5, 5.41) is 0. The predicted octanol–water partition coefficient (Wildman–Crippen LogP) is 6.05. The topological polar surface area (TPSA) is 52.6 Å². The maximum Gasteiger partial charge on any atom is 0.336 e. The lowest BCUT2D eigenvalue weighted by atomic mass is 10.0. The summed E-state index contributed by atoms with van der Waals surface area (Å²) in [6.07, 6.45) is 4.77. The van der Waals surface area contributed by atoms with E-state index < -0.39 is 5.97 Å². The van der Waals surface area contributed by atoms with Gasteiger partial charge in [-0.1, -0.05) is 68.4 Å². The van der Waals surface area contributed by atoms with Crippen LogP contribution in [-0.4, -0.2) is 11.8 Å². The molecule has 0 fully saturated rings. The third-order valence-corrected chi connectivity index (χ3v) is 4.97. The fourth-order valence-corrected chi connectivity index (χ4v) is 3.24. The molecular weight excluding hydrogens is 388 g/mol. The Morgan fingerprint density at radius 2 is 1.68 bits per heavy atom. The third kappa shape index (κ3) is 4.81. The molecule has 154 valence electrons. The average molecular weight is 410 g/mol. The van der Waals surface area contributed by atoms with Crippen LogP contribution in [0.3, 0.4) is 0 Å². The Hall–Kier alpha value is -3.92. The van der Waals surface area contributed by atoms with Crippen LogP contribution in [0.5, 0.6) is 11.5 Å². The molecular formula is C27H22O4. The van der Waals surface area contributed by atoms with Crippen LogP contribution < -0.4 is 9.47 Å². The van der Waals surface area contributed by atoms with Crippen LogP contribution in [0.15, 0.2) is 84.6 Å². The van der Waals surface area contributed by atoms with Crippen molar-refractivity contribution >= 4 is 23.9 Å². The van der Waals surface area contributed by atoms with Crippen molar-refractivity contribution in [2.75, 3.05) is 0 Å². The zero-order valence-electron chi connectivity index (χ0n) is 17.4. The molecule has 0 aliphatic carbocycles. The second kappa shape index (κ2) is 8.84. The monoisotopic (exact) mass is 410 g/mol. The number of Topliss-reactive ketones (excluding diaryl/α,β-unsaturated/α-hetero) is 1. The molecule has 1 aliphatic rings. The molecule has 0 unspecified atom stereocenters. The van der Waals surface area contributed by atoms with Crippen LogP contribution in [0.2, 0.25) is 0 Å². The van der Waals surface area contributed by atoms with E-state index in [0.717, 1.165) is 11.1 Å². The number of ether oxygens (including phenoxy) is 2. The third-order valence-electron chi connectivity index (χ3n) is 4.97. The van der Waals surface area contributed by atoms with E-state index in [1.165, 1.54) is 11.6 Å². The van der Waals surface area contributed by atoms with Crippen molar-refractivity contribution in [2.24, 2.45) is 0 Å². The standard InChI is InChI=1S/C27H22O4/c1-18(2)21-11-8-20(9-12-21)16-25-27(29)23-14-13-22(17-24(23)31-25)30-26(28)15-10-19-6-4-3-5-7-19/h3-18H,1-2H3. The molecule has 0 spiro atoms. The number of rotatable bonds is 5. The molecule has 4 rings (SSSR count). The summed E-state index contributed by atoms with van der Waals surface area (Å²) in [5.74, 6) is 0.696. The molecule has 31 heavy (non-hydrogen) atoms. The first-order chi connectivity index (χ1) is 15.0. The van der Waals surface area contributed by atoms with Gasteiger partial charge in [-0.15, -0.1) is 0 Å². The second-order valence-corrected chi connectivity index (χ2v) is 7.58. The van der Waals surface area contributed by atoms with Crippen molar-refractivity contribution in [3.05, 3.63) is 107 Å². The summed E-state index contributed by atoms with van der Waals surface area (Å²) in [7, 11) is 0. The maximum atomic E-state index is 12.7. The second-order valence-electron chi connectivity index (χ2n) is 7.58. The lowest BCUT2D eigenvalue weighted by Gasteiger charge is -2.05. The van der Waals surface area contributed by atoms with Crippen LogP contribution in [0, 0.1) is 0 Å². The highest BCUT2D eigenvalue weighted by Crippen LogP contribution is 2.35. The molecule has 4 heteroatoms.